The third kappa shape index (κ3) is 3.40. The van der Waals surface area contributed by atoms with Gasteiger partial charge in [-0.05, 0) is 25.1 Å². The molecule has 0 aliphatic heterocycles. The summed E-state index contributed by atoms with van der Waals surface area (Å²) in [5, 5.41) is 0. The number of sulfonamides is 1. The van der Waals surface area contributed by atoms with E-state index < -0.39 is 10.0 Å². The first kappa shape index (κ1) is 14.4. The lowest BCUT2D eigenvalue weighted by molar-refractivity contribution is -0.108. The average molecular weight is 265 g/mol. The Morgan fingerprint density at radius 2 is 1.89 bits per heavy atom. The van der Waals surface area contributed by atoms with Gasteiger partial charge in [-0.1, -0.05) is 24.3 Å². The maximum Gasteiger partial charge on any atom is 0.243 e. The molecule has 0 aromatic heterocycles. The standard InChI is InChI=1S/C13H15NO3S/c1-3-4-9-14(10-11-15)18(16,17)13-7-5-12(2)6-8-13/h4-8,11H,1,9-10H2,2H3. The van der Waals surface area contributed by atoms with Crippen LogP contribution in [0.25, 0.3) is 0 Å². The highest BCUT2D eigenvalue weighted by atomic mass is 32.2. The molecular formula is C13H15NO3S. The lowest BCUT2D eigenvalue weighted by atomic mass is 10.2. The van der Waals surface area contributed by atoms with Crippen LogP contribution in [0.5, 0.6) is 0 Å². The molecule has 0 heterocycles. The summed E-state index contributed by atoms with van der Waals surface area (Å²) in [5.41, 5.74) is 3.47. The molecule has 0 bridgehead atoms. The largest absolute Gasteiger partial charge is 0.302 e. The number of rotatable bonds is 6. The summed E-state index contributed by atoms with van der Waals surface area (Å²) in [5.74, 6) is 0. The minimum Gasteiger partial charge on any atom is -0.302 e. The number of hydrogen-bond donors (Lipinski definition) is 0. The Balaban J connectivity index is 3.11. The second-order valence-electron chi connectivity index (χ2n) is 3.71. The summed E-state index contributed by atoms with van der Waals surface area (Å²) < 4.78 is 25.5. The van der Waals surface area contributed by atoms with Crippen LogP contribution in [0.2, 0.25) is 0 Å². The summed E-state index contributed by atoms with van der Waals surface area (Å²) in [4.78, 5) is 10.7. The van der Waals surface area contributed by atoms with Crippen molar-refractivity contribution in [2.24, 2.45) is 0 Å². The maximum absolute atomic E-state index is 12.2. The zero-order valence-electron chi connectivity index (χ0n) is 10.2. The van der Waals surface area contributed by atoms with Crippen molar-refractivity contribution in [2.45, 2.75) is 11.8 Å². The molecule has 1 aromatic carbocycles. The molecule has 0 amide bonds. The summed E-state index contributed by atoms with van der Waals surface area (Å²) in [6.45, 7) is 5.14. The van der Waals surface area contributed by atoms with Crippen LogP contribution in [0.1, 0.15) is 5.56 Å². The quantitative estimate of drug-likeness (QED) is 0.579. The fourth-order valence-electron chi connectivity index (χ4n) is 1.38. The lowest BCUT2D eigenvalue weighted by Gasteiger charge is -2.17. The summed E-state index contributed by atoms with van der Waals surface area (Å²) in [7, 11) is -3.65. The van der Waals surface area contributed by atoms with Crippen molar-refractivity contribution in [2.75, 3.05) is 13.1 Å². The predicted octanol–water partition coefficient (Wildman–Crippen LogP) is 1.53. The Bertz CT molecular complexity index is 554. The fourth-order valence-corrected chi connectivity index (χ4v) is 2.69. The SMILES string of the molecule is C=C=CCN(CC=O)S(=O)(=O)c1ccc(C)cc1. The van der Waals surface area contributed by atoms with Gasteiger partial charge in [-0.15, -0.1) is 5.73 Å². The van der Waals surface area contributed by atoms with Crippen molar-refractivity contribution in [3.05, 3.63) is 48.2 Å². The van der Waals surface area contributed by atoms with E-state index in [-0.39, 0.29) is 18.0 Å². The van der Waals surface area contributed by atoms with Crippen LogP contribution in [-0.4, -0.2) is 32.1 Å². The van der Waals surface area contributed by atoms with Crippen LogP contribution < -0.4 is 0 Å². The Morgan fingerprint density at radius 1 is 1.28 bits per heavy atom. The minimum atomic E-state index is -3.65. The van der Waals surface area contributed by atoms with Crippen LogP contribution in [-0.2, 0) is 14.8 Å². The number of benzene rings is 1. The van der Waals surface area contributed by atoms with E-state index in [0.717, 1.165) is 9.87 Å². The molecule has 0 saturated heterocycles. The van der Waals surface area contributed by atoms with Crippen LogP contribution in [0.15, 0.2) is 47.5 Å². The van der Waals surface area contributed by atoms with Crippen LogP contribution >= 0.6 is 0 Å². The van der Waals surface area contributed by atoms with Gasteiger partial charge < -0.3 is 4.79 Å². The molecule has 0 aliphatic rings. The van der Waals surface area contributed by atoms with Gasteiger partial charge in [0.1, 0.15) is 6.29 Å². The average Bonchev–Trinajstić information content (AvgIpc) is 2.35. The van der Waals surface area contributed by atoms with Gasteiger partial charge in [0.15, 0.2) is 0 Å². The highest BCUT2D eigenvalue weighted by Crippen LogP contribution is 2.15. The zero-order chi connectivity index (χ0) is 13.6. The molecule has 0 unspecified atom stereocenters. The Labute approximate surface area is 107 Å². The fraction of sp³-hybridized carbons (Fsp3) is 0.231. The van der Waals surface area contributed by atoms with Crippen molar-refractivity contribution in [3.63, 3.8) is 0 Å². The number of carbonyl (C=O) groups excluding carboxylic acids is 1. The molecule has 4 nitrogen and oxygen atoms in total. The highest BCUT2D eigenvalue weighted by molar-refractivity contribution is 7.89. The van der Waals surface area contributed by atoms with E-state index in [1.165, 1.54) is 18.2 Å². The number of carbonyl (C=O) groups is 1. The molecule has 96 valence electrons. The van der Waals surface area contributed by atoms with E-state index in [9.17, 15) is 13.2 Å². The summed E-state index contributed by atoms with van der Waals surface area (Å²) in [6.07, 6.45) is 2.03. The van der Waals surface area contributed by atoms with Crippen LogP contribution in [0, 0.1) is 6.92 Å². The second kappa shape index (κ2) is 6.31. The van der Waals surface area contributed by atoms with E-state index >= 15 is 0 Å². The van der Waals surface area contributed by atoms with E-state index in [1.54, 1.807) is 12.1 Å². The summed E-state index contributed by atoms with van der Waals surface area (Å²) >= 11 is 0. The molecule has 18 heavy (non-hydrogen) atoms. The third-order valence-corrected chi connectivity index (χ3v) is 4.22. The maximum atomic E-state index is 12.2. The van der Waals surface area contributed by atoms with Gasteiger partial charge in [-0.2, -0.15) is 4.31 Å². The molecule has 5 heteroatoms. The van der Waals surface area contributed by atoms with Crippen molar-refractivity contribution < 1.29 is 13.2 Å². The molecule has 1 aromatic rings. The molecule has 0 fully saturated rings. The molecule has 0 radical (unpaired) electrons. The first-order valence-corrected chi connectivity index (χ1v) is 6.81. The van der Waals surface area contributed by atoms with Gasteiger partial charge in [0.2, 0.25) is 10.0 Å². The Morgan fingerprint density at radius 3 is 2.39 bits per heavy atom. The number of hydrogen-bond acceptors (Lipinski definition) is 3. The molecule has 0 saturated carbocycles. The first-order valence-electron chi connectivity index (χ1n) is 5.37. The van der Waals surface area contributed by atoms with Gasteiger partial charge in [-0.25, -0.2) is 8.42 Å². The van der Waals surface area contributed by atoms with Gasteiger partial charge in [-0.3, -0.25) is 0 Å². The third-order valence-electron chi connectivity index (χ3n) is 2.38. The molecule has 0 atom stereocenters. The molecular weight excluding hydrogens is 250 g/mol. The van der Waals surface area contributed by atoms with E-state index in [0.29, 0.717) is 6.29 Å². The van der Waals surface area contributed by atoms with E-state index in [2.05, 4.69) is 12.3 Å². The van der Waals surface area contributed by atoms with E-state index in [4.69, 9.17) is 0 Å². The molecule has 0 N–H and O–H groups in total. The van der Waals surface area contributed by atoms with Crippen molar-refractivity contribution in [3.8, 4) is 0 Å². The number of nitrogens with zero attached hydrogens (tertiary/aromatic N) is 1. The van der Waals surface area contributed by atoms with Crippen molar-refractivity contribution in [1.29, 1.82) is 0 Å². The number of aryl methyl sites for hydroxylation is 1. The molecule has 0 aliphatic carbocycles. The summed E-state index contributed by atoms with van der Waals surface area (Å²) in [6, 6.07) is 6.49. The smallest absolute Gasteiger partial charge is 0.243 e. The van der Waals surface area contributed by atoms with Crippen LogP contribution in [0.4, 0.5) is 0 Å². The van der Waals surface area contributed by atoms with E-state index in [1.807, 2.05) is 6.92 Å². The second-order valence-corrected chi connectivity index (χ2v) is 5.65. The van der Waals surface area contributed by atoms with Gasteiger partial charge in [0, 0.05) is 6.54 Å². The van der Waals surface area contributed by atoms with Crippen molar-refractivity contribution in [1.82, 2.24) is 4.31 Å². The molecule has 0 spiro atoms. The Hall–Kier alpha value is -1.68. The molecule has 1 rings (SSSR count). The monoisotopic (exact) mass is 265 g/mol. The van der Waals surface area contributed by atoms with Gasteiger partial charge in [0.05, 0.1) is 11.4 Å². The van der Waals surface area contributed by atoms with Gasteiger partial charge >= 0.3 is 0 Å². The predicted molar refractivity (Wildman–Crippen MR) is 69.7 cm³/mol. The topological polar surface area (TPSA) is 54.5 Å². The zero-order valence-corrected chi connectivity index (χ0v) is 11.0. The first-order chi connectivity index (χ1) is 8.52. The number of aldehydes is 1. The highest BCUT2D eigenvalue weighted by Gasteiger charge is 2.22. The lowest BCUT2D eigenvalue weighted by Crippen LogP contribution is -2.32. The Kier molecular flexibility index (Phi) is 5.04. The minimum absolute atomic E-state index is 0.0818. The van der Waals surface area contributed by atoms with Gasteiger partial charge in [0.25, 0.3) is 0 Å². The van der Waals surface area contributed by atoms with Crippen LogP contribution in [0.3, 0.4) is 0 Å². The van der Waals surface area contributed by atoms with Crippen molar-refractivity contribution >= 4 is 16.3 Å². The normalized spacial score (nSPS) is 11.0.